The van der Waals surface area contributed by atoms with Gasteiger partial charge in [0.05, 0.1) is 0 Å². The molecule has 0 aliphatic carbocycles. The molecule has 0 saturated carbocycles. The summed E-state index contributed by atoms with van der Waals surface area (Å²) in [5.41, 5.74) is 0. The Labute approximate surface area is 102 Å². The molecule has 0 aromatic rings. The minimum absolute atomic E-state index is 0.870. The first-order valence-electron chi connectivity index (χ1n) is 6.69. The first kappa shape index (κ1) is 15.9. The van der Waals surface area contributed by atoms with Gasteiger partial charge in [-0.05, 0) is 26.4 Å². The molecule has 0 heterocycles. The van der Waals surface area contributed by atoms with Crippen LogP contribution in [0, 0.1) is 0 Å². The monoisotopic (exact) mass is 230 g/mol. The minimum Gasteiger partial charge on any atom is -0.385 e. The second-order valence-electron chi connectivity index (χ2n) is 4.46. The van der Waals surface area contributed by atoms with Crippen molar-refractivity contribution in [3.8, 4) is 0 Å². The Morgan fingerprint density at radius 2 is 1.81 bits per heavy atom. The summed E-state index contributed by atoms with van der Waals surface area (Å²) in [5, 5.41) is 3.49. The molecule has 16 heavy (non-hydrogen) atoms. The average Bonchev–Trinajstić information content (AvgIpc) is 2.28. The van der Waals surface area contributed by atoms with Crippen molar-refractivity contribution in [2.45, 2.75) is 39.0 Å². The Kier molecular flexibility index (Phi) is 12.9. The summed E-state index contributed by atoms with van der Waals surface area (Å²) in [6, 6.07) is 0. The van der Waals surface area contributed by atoms with Gasteiger partial charge < -0.3 is 15.0 Å². The first-order chi connectivity index (χ1) is 7.81. The van der Waals surface area contributed by atoms with Crippen LogP contribution in [0.15, 0.2) is 0 Å². The summed E-state index contributed by atoms with van der Waals surface area (Å²) in [5.74, 6) is 0. The van der Waals surface area contributed by atoms with Crippen LogP contribution in [0.1, 0.15) is 39.0 Å². The van der Waals surface area contributed by atoms with E-state index >= 15 is 0 Å². The van der Waals surface area contributed by atoms with Crippen molar-refractivity contribution in [2.75, 3.05) is 46.9 Å². The van der Waals surface area contributed by atoms with Gasteiger partial charge in [-0.25, -0.2) is 0 Å². The molecule has 0 spiro atoms. The van der Waals surface area contributed by atoms with Crippen molar-refractivity contribution in [2.24, 2.45) is 0 Å². The quantitative estimate of drug-likeness (QED) is 0.520. The van der Waals surface area contributed by atoms with E-state index in [-0.39, 0.29) is 0 Å². The van der Waals surface area contributed by atoms with Crippen LogP contribution in [0.5, 0.6) is 0 Å². The summed E-state index contributed by atoms with van der Waals surface area (Å²) >= 11 is 0. The molecule has 0 saturated heterocycles. The van der Waals surface area contributed by atoms with Gasteiger partial charge in [-0.1, -0.05) is 26.2 Å². The molecule has 0 fully saturated rings. The lowest BCUT2D eigenvalue weighted by atomic mass is 10.2. The molecule has 0 aromatic carbocycles. The summed E-state index contributed by atoms with van der Waals surface area (Å²) in [6.45, 7) is 7.67. The lowest BCUT2D eigenvalue weighted by molar-refractivity contribution is 0.179. The zero-order valence-corrected chi connectivity index (χ0v) is 11.4. The SMILES string of the molecule is CCCCCCNCCN(C)CCCOC. The highest BCUT2D eigenvalue weighted by Crippen LogP contribution is 1.96. The Hall–Kier alpha value is -0.120. The average molecular weight is 230 g/mol. The van der Waals surface area contributed by atoms with Crippen LogP contribution in [-0.2, 0) is 4.74 Å². The van der Waals surface area contributed by atoms with E-state index in [1.807, 2.05) is 0 Å². The third-order valence-electron chi connectivity index (χ3n) is 2.77. The van der Waals surface area contributed by atoms with Crippen molar-refractivity contribution < 1.29 is 4.74 Å². The Balaban J connectivity index is 3.06. The number of likely N-dealkylation sites (N-methyl/N-ethyl adjacent to an activating group) is 1. The van der Waals surface area contributed by atoms with E-state index in [4.69, 9.17) is 4.74 Å². The van der Waals surface area contributed by atoms with Crippen LogP contribution in [0.25, 0.3) is 0 Å². The van der Waals surface area contributed by atoms with Crippen LogP contribution < -0.4 is 5.32 Å². The van der Waals surface area contributed by atoms with Gasteiger partial charge in [0.2, 0.25) is 0 Å². The molecule has 98 valence electrons. The van der Waals surface area contributed by atoms with Crippen molar-refractivity contribution in [1.29, 1.82) is 0 Å². The number of rotatable bonds is 12. The number of unbranched alkanes of at least 4 members (excludes halogenated alkanes) is 3. The van der Waals surface area contributed by atoms with E-state index in [1.54, 1.807) is 7.11 Å². The number of methoxy groups -OCH3 is 1. The van der Waals surface area contributed by atoms with E-state index in [1.165, 1.54) is 32.2 Å². The van der Waals surface area contributed by atoms with Crippen LogP contribution in [0.2, 0.25) is 0 Å². The summed E-state index contributed by atoms with van der Waals surface area (Å²) in [4.78, 5) is 2.36. The van der Waals surface area contributed by atoms with E-state index in [2.05, 4.69) is 24.2 Å². The number of hydrogen-bond donors (Lipinski definition) is 1. The predicted molar refractivity (Wildman–Crippen MR) is 71.0 cm³/mol. The second-order valence-corrected chi connectivity index (χ2v) is 4.46. The van der Waals surface area contributed by atoms with E-state index in [0.29, 0.717) is 0 Å². The van der Waals surface area contributed by atoms with Gasteiger partial charge in [0, 0.05) is 33.4 Å². The van der Waals surface area contributed by atoms with Gasteiger partial charge in [0.25, 0.3) is 0 Å². The normalized spacial score (nSPS) is 11.2. The van der Waals surface area contributed by atoms with Gasteiger partial charge in [0.15, 0.2) is 0 Å². The lowest BCUT2D eigenvalue weighted by Gasteiger charge is -2.16. The fourth-order valence-corrected chi connectivity index (χ4v) is 1.66. The van der Waals surface area contributed by atoms with Crippen molar-refractivity contribution in [3.63, 3.8) is 0 Å². The molecule has 0 bridgehead atoms. The lowest BCUT2D eigenvalue weighted by Crippen LogP contribution is -2.30. The van der Waals surface area contributed by atoms with E-state index in [9.17, 15) is 0 Å². The molecule has 0 unspecified atom stereocenters. The molecule has 0 aliphatic rings. The zero-order valence-electron chi connectivity index (χ0n) is 11.4. The molecule has 0 rings (SSSR count). The number of ether oxygens (including phenoxy) is 1. The van der Waals surface area contributed by atoms with Gasteiger partial charge >= 0.3 is 0 Å². The maximum absolute atomic E-state index is 5.03. The van der Waals surface area contributed by atoms with E-state index < -0.39 is 0 Å². The smallest absolute Gasteiger partial charge is 0.0474 e. The summed E-state index contributed by atoms with van der Waals surface area (Å²) in [7, 11) is 3.94. The Morgan fingerprint density at radius 1 is 1.00 bits per heavy atom. The standard InChI is InChI=1S/C13H30N2O/c1-4-5-6-7-9-14-10-12-15(2)11-8-13-16-3/h14H,4-13H2,1-3H3. The molecule has 0 atom stereocenters. The third-order valence-corrected chi connectivity index (χ3v) is 2.77. The van der Waals surface area contributed by atoms with Gasteiger partial charge in [0.1, 0.15) is 0 Å². The van der Waals surface area contributed by atoms with E-state index in [0.717, 1.165) is 32.7 Å². The Bertz CT molecular complexity index is 131. The topological polar surface area (TPSA) is 24.5 Å². The van der Waals surface area contributed by atoms with Gasteiger partial charge in [-0.2, -0.15) is 0 Å². The predicted octanol–water partition coefficient (Wildman–Crippen LogP) is 2.12. The molecular formula is C13H30N2O. The fourth-order valence-electron chi connectivity index (χ4n) is 1.66. The van der Waals surface area contributed by atoms with Crippen molar-refractivity contribution in [3.05, 3.63) is 0 Å². The largest absolute Gasteiger partial charge is 0.385 e. The van der Waals surface area contributed by atoms with Crippen molar-refractivity contribution in [1.82, 2.24) is 10.2 Å². The maximum atomic E-state index is 5.03. The molecule has 1 N–H and O–H groups in total. The number of hydrogen-bond acceptors (Lipinski definition) is 3. The molecule has 0 radical (unpaired) electrons. The minimum atomic E-state index is 0.870. The fraction of sp³-hybridized carbons (Fsp3) is 1.00. The van der Waals surface area contributed by atoms with Gasteiger partial charge in [-0.15, -0.1) is 0 Å². The summed E-state index contributed by atoms with van der Waals surface area (Å²) in [6.07, 6.45) is 6.51. The highest BCUT2D eigenvalue weighted by atomic mass is 16.5. The molecule has 0 aliphatic heterocycles. The maximum Gasteiger partial charge on any atom is 0.0474 e. The second kappa shape index (κ2) is 12.9. The van der Waals surface area contributed by atoms with Crippen LogP contribution in [0.4, 0.5) is 0 Å². The van der Waals surface area contributed by atoms with Crippen LogP contribution in [0.3, 0.4) is 0 Å². The van der Waals surface area contributed by atoms with Crippen LogP contribution in [-0.4, -0.2) is 51.8 Å². The third kappa shape index (κ3) is 12.0. The Morgan fingerprint density at radius 3 is 2.50 bits per heavy atom. The molecule has 3 heteroatoms. The number of nitrogens with zero attached hydrogens (tertiary/aromatic N) is 1. The molecule has 0 aromatic heterocycles. The highest BCUT2D eigenvalue weighted by Gasteiger charge is 1.97. The van der Waals surface area contributed by atoms with Crippen LogP contribution >= 0.6 is 0 Å². The van der Waals surface area contributed by atoms with Crippen molar-refractivity contribution >= 4 is 0 Å². The number of nitrogens with one attached hydrogen (secondary N) is 1. The molecular weight excluding hydrogens is 200 g/mol. The first-order valence-corrected chi connectivity index (χ1v) is 6.69. The highest BCUT2D eigenvalue weighted by molar-refractivity contribution is 4.55. The summed E-state index contributed by atoms with van der Waals surface area (Å²) < 4.78 is 5.03. The molecule has 0 amide bonds. The van der Waals surface area contributed by atoms with Gasteiger partial charge in [-0.3, -0.25) is 0 Å². The molecule has 3 nitrogen and oxygen atoms in total. The zero-order chi connectivity index (χ0) is 12.1.